The molecular formula is C11H9ClF3N3S. The number of thiophene rings is 1. The molecule has 3 nitrogen and oxygen atoms in total. The van der Waals surface area contributed by atoms with Crippen LogP contribution in [0, 0.1) is 0 Å². The van der Waals surface area contributed by atoms with Crippen molar-refractivity contribution in [2.45, 2.75) is 19.3 Å². The van der Waals surface area contributed by atoms with Gasteiger partial charge in [0.05, 0.1) is 16.4 Å². The lowest BCUT2D eigenvalue weighted by molar-refractivity contribution is -0.138. The van der Waals surface area contributed by atoms with E-state index < -0.39 is 11.7 Å². The summed E-state index contributed by atoms with van der Waals surface area (Å²) >= 11 is 7.22. The summed E-state index contributed by atoms with van der Waals surface area (Å²) in [6, 6.07) is 3.67. The summed E-state index contributed by atoms with van der Waals surface area (Å²) in [4.78, 5) is 8.37. The first-order valence-corrected chi connectivity index (χ1v) is 6.47. The summed E-state index contributed by atoms with van der Waals surface area (Å²) in [5.41, 5.74) is -0.846. The summed E-state index contributed by atoms with van der Waals surface area (Å²) in [5.74, 6) is 0.315. The summed E-state index contributed by atoms with van der Waals surface area (Å²) in [6.45, 7) is 0.870. The molecule has 1 N–H and O–H groups in total. The number of nitrogens with one attached hydrogen (secondary N) is 1. The van der Waals surface area contributed by atoms with E-state index in [2.05, 4.69) is 15.3 Å². The van der Waals surface area contributed by atoms with Crippen LogP contribution in [0.3, 0.4) is 0 Å². The maximum absolute atomic E-state index is 12.3. The molecule has 0 aliphatic carbocycles. The van der Waals surface area contributed by atoms with E-state index in [1.807, 2.05) is 6.07 Å². The predicted octanol–water partition coefficient (Wildman–Crippen LogP) is 3.50. The molecule has 0 radical (unpaired) electrons. The number of hydrogen-bond acceptors (Lipinski definition) is 4. The predicted molar refractivity (Wildman–Crippen MR) is 66.9 cm³/mol. The Morgan fingerprint density at radius 2 is 1.84 bits per heavy atom. The van der Waals surface area contributed by atoms with Gasteiger partial charge in [-0.15, -0.1) is 11.3 Å². The van der Waals surface area contributed by atoms with Crippen LogP contribution in [0.25, 0.3) is 0 Å². The smallest absolute Gasteiger partial charge is 0.305 e. The zero-order chi connectivity index (χ0) is 13.9. The van der Waals surface area contributed by atoms with Crippen molar-refractivity contribution in [2.24, 2.45) is 0 Å². The van der Waals surface area contributed by atoms with Crippen LogP contribution in [0.15, 0.2) is 24.5 Å². The normalized spacial score (nSPS) is 11.8. The summed E-state index contributed by atoms with van der Waals surface area (Å²) in [5, 5.41) is 3.04. The van der Waals surface area contributed by atoms with Gasteiger partial charge >= 0.3 is 6.18 Å². The van der Waals surface area contributed by atoms with E-state index in [9.17, 15) is 13.2 Å². The Labute approximate surface area is 116 Å². The van der Waals surface area contributed by atoms with Crippen molar-refractivity contribution in [3.63, 3.8) is 0 Å². The number of rotatable bonds is 4. The molecule has 2 aromatic rings. The van der Waals surface area contributed by atoms with Crippen LogP contribution in [0.1, 0.15) is 16.3 Å². The van der Waals surface area contributed by atoms with Crippen LogP contribution in [-0.4, -0.2) is 9.97 Å². The van der Waals surface area contributed by atoms with Gasteiger partial charge in [0, 0.05) is 23.8 Å². The molecule has 0 aliphatic rings. The van der Waals surface area contributed by atoms with Gasteiger partial charge in [0.1, 0.15) is 5.82 Å². The molecule has 2 aromatic heterocycles. The Morgan fingerprint density at radius 1 is 1.16 bits per heavy atom. The lowest BCUT2D eigenvalue weighted by Crippen LogP contribution is -2.15. The number of nitrogens with zero attached hydrogens (tertiary/aromatic N) is 2. The Balaban J connectivity index is 1.86. The largest absolute Gasteiger partial charge is 0.419 e. The Bertz CT molecular complexity index is 539. The van der Waals surface area contributed by atoms with Crippen molar-refractivity contribution >= 4 is 22.9 Å². The third kappa shape index (κ3) is 4.15. The second-order valence-corrected chi connectivity index (χ2v) is 5.49. The molecule has 2 heterocycles. The average molecular weight is 308 g/mol. The minimum atomic E-state index is -4.40. The highest BCUT2D eigenvalue weighted by Crippen LogP contribution is 2.27. The van der Waals surface area contributed by atoms with E-state index in [0.29, 0.717) is 23.3 Å². The van der Waals surface area contributed by atoms with Crippen molar-refractivity contribution in [3.8, 4) is 0 Å². The number of hydrogen-bond donors (Lipinski definition) is 1. The van der Waals surface area contributed by atoms with Crippen molar-refractivity contribution < 1.29 is 13.2 Å². The third-order valence-corrected chi connectivity index (χ3v) is 3.47. The number of alkyl halides is 3. The van der Waals surface area contributed by atoms with Gasteiger partial charge in [0.2, 0.25) is 0 Å². The summed E-state index contributed by atoms with van der Waals surface area (Å²) in [7, 11) is 0. The molecule has 102 valence electrons. The van der Waals surface area contributed by atoms with Crippen LogP contribution in [-0.2, 0) is 19.3 Å². The van der Waals surface area contributed by atoms with Crippen molar-refractivity contribution in [1.29, 1.82) is 0 Å². The average Bonchev–Trinajstić information content (AvgIpc) is 2.75. The highest BCUT2D eigenvalue weighted by Gasteiger charge is 2.31. The molecule has 0 saturated heterocycles. The van der Waals surface area contributed by atoms with Gasteiger partial charge in [-0.05, 0) is 12.1 Å². The van der Waals surface area contributed by atoms with Crippen molar-refractivity contribution in [3.05, 3.63) is 45.1 Å². The second-order valence-electron chi connectivity index (χ2n) is 3.70. The van der Waals surface area contributed by atoms with E-state index >= 15 is 0 Å². The molecular weight excluding hydrogens is 299 g/mol. The fraction of sp³-hybridized carbons (Fsp3) is 0.273. The summed E-state index contributed by atoms with van der Waals surface area (Å²) in [6.07, 6.45) is -2.84. The molecule has 0 spiro atoms. The molecule has 0 unspecified atom stereocenters. The Kier molecular flexibility index (Phi) is 4.38. The van der Waals surface area contributed by atoms with Gasteiger partial charge in [-0.3, -0.25) is 0 Å². The third-order valence-electron chi connectivity index (χ3n) is 2.24. The molecule has 8 heteroatoms. The maximum Gasteiger partial charge on any atom is 0.419 e. The van der Waals surface area contributed by atoms with Crippen molar-refractivity contribution in [2.75, 3.05) is 0 Å². The molecule has 19 heavy (non-hydrogen) atoms. The van der Waals surface area contributed by atoms with Gasteiger partial charge < -0.3 is 5.32 Å². The Morgan fingerprint density at radius 3 is 2.37 bits per heavy atom. The van der Waals surface area contributed by atoms with Crippen LogP contribution in [0.2, 0.25) is 4.34 Å². The van der Waals surface area contributed by atoms with Gasteiger partial charge in [0.25, 0.3) is 0 Å². The molecule has 2 rings (SSSR count). The SMILES string of the molecule is FC(F)(F)c1cnc(CNCc2ccc(Cl)s2)nc1. The quantitative estimate of drug-likeness (QED) is 0.939. The standard InChI is InChI=1S/C11H9ClF3N3S/c12-9-2-1-8(19-9)5-16-6-10-17-3-7(4-18-10)11(13,14)15/h1-4,16H,5-6H2. The molecule has 0 atom stereocenters. The fourth-order valence-corrected chi connectivity index (χ4v) is 2.39. The molecule has 0 amide bonds. The minimum Gasteiger partial charge on any atom is -0.305 e. The molecule has 0 fully saturated rings. The first-order chi connectivity index (χ1) is 8.95. The van der Waals surface area contributed by atoms with Gasteiger partial charge in [0.15, 0.2) is 0 Å². The monoisotopic (exact) mass is 307 g/mol. The first kappa shape index (κ1) is 14.2. The van der Waals surface area contributed by atoms with E-state index in [1.165, 1.54) is 11.3 Å². The molecule has 0 saturated carbocycles. The number of aromatic nitrogens is 2. The highest BCUT2D eigenvalue weighted by molar-refractivity contribution is 7.16. The maximum atomic E-state index is 12.3. The zero-order valence-electron chi connectivity index (χ0n) is 9.54. The van der Waals surface area contributed by atoms with Crippen LogP contribution < -0.4 is 5.32 Å². The second kappa shape index (κ2) is 5.85. The van der Waals surface area contributed by atoms with Gasteiger partial charge in [-0.2, -0.15) is 13.2 Å². The van der Waals surface area contributed by atoms with E-state index in [4.69, 9.17) is 11.6 Å². The minimum absolute atomic E-state index is 0.299. The first-order valence-electron chi connectivity index (χ1n) is 5.28. The lowest BCUT2D eigenvalue weighted by Gasteiger charge is -2.06. The van der Waals surface area contributed by atoms with Crippen LogP contribution in [0.4, 0.5) is 13.2 Å². The highest BCUT2D eigenvalue weighted by atomic mass is 35.5. The molecule has 0 aliphatic heterocycles. The van der Waals surface area contributed by atoms with Crippen LogP contribution in [0.5, 0.6) is 0 Å². The zero-order valence-corrected chi connectivity index (χ0v) is 11.1. The van der Waals surface area contributed by atoms with Crippen LogP contribution >= 0.6 is 22.9 Å². The lowest BCUT2D eigenvalue weighted by atomic mass is 10.3. The van der Waals surface area contributed by atoms with Gasteiger partial charge in [-0.1, -0.05) is 11.6 Å². The summed E-state index contributed by atoms with van der Waals surface area (Å²) < 4.78 is 37.6. The molecule has 0 aromatic carbocycles. The van der Waals surface area contributed by atoms with Gasteiger partial charge in [-0.25, -0.2) is 9.97 Å². The van der Waals surface area contributed by atoms with E-state index in [-0.39, 0.29) is 0 Å². The fourth-order valence-electron chi connectivity index (χ4n) is 1.34. The topological polar surface area (TPSA) is 37.8 Å². The molecule has 0 bridgehead atoms. The Hall–Kier alpha value is -1.18. The van der Waals surface area contributed by atoms with Crippen molar-refractivity contribution in [1.82, 2.24) is 15.3 Å². The number of halogens is 4. The van der Waals surface area contributed by atoms with E-state index in [0.717, 1.165) is 17.3 Å². The van der Waals surface area contributed by atoms with E-state index in [1.54, 1.807) is 6.07 Å².